The van der Waals surface area contributed by atoms with Gasteiger partial charge in [-0.3, -0.25) is 14.7 Å². The molecule has 0 N–H and O–H groups in total. The zero-order chi connectivity index (χ0) is 17.2. The SMILES string of the molecule is Cc1nc2ccccc2cc1C(=O)N1CCN(Cc2ccco2)CC1. The number of rotatable bonds is 3. The van der Waals surface area contributed by atoms with Crippen molar-refractivity contribution in [3.8, 4) is 0 Å². The molecule has 0 unspecified atom stereocenters. The highest BCUT2D eigenvalue weighted by Crippen LogP contribution is 2.19. The number of aryl methyl sites for hydroxylation is 1. The number of carbonyl (C=O) groups is 1. The van der Waals surface area contributed by atoms with E-state index in [0.717, 1.165) is 55.1 Å². The molecule has 25 heavy (non-hydrogen) atoms. The van der Waals surface area contributed by atoms with Crippen LogP contribution >= 0.6 is 0 Å². The average molecular weight is 335 g/mol. The summed E-state index contributed by atoms with van der Waals surface area (Å²) in [6.45, 7) is 5.87. The predicted molar refractivity (Wildman–Crippen MR) is 96.4 cm³/mol. The van der Waals surface area contributed by atoms with E-state index in [-0.39, 0.29) is 5.91 Å². The van der Waals surface area contributed by atoms with Crippen LogP contribution in [0.1, 0.15) is 21.8 Å². The third-order valence-electron chi connectivity index (χ3n) is 4.76. The van der Waals surface area contributed by atoms with Gasteiger partial charge in [0.15, 0.2) is 0 Å². The molecule has 128 valence electrons. The molecular formula is C20H21N3O2. The van der Waals surface area contributed by atoms with Crippen LogP contribution in [0.5, 0.6) is 0 Å². The summed E-state index contributed by atoms with van der Waals surface area (Å²) < 4.78 is 5.41. The first-order valence-corrected chi connectivity index (χ1v) is 8.61. The van der Waals surface area contributed by atoms with E-state index >= 15 is 0 Å². The largest absolute Gasteiger partial charge is 0.468 e. The first-order valence-electron chi connectivity index (χ1n) is 8.61. The molecule has 3 aromatic rings. The molecule has 0 aliphatic carbocycles. The second-order valence-corrected chi connectivity index (χ2v) is 6.46. The van der Waals surface area contributed by atoms with E-state index in [1.807, 2.05) is 54.3 Å². The Bertz CT molecular complexity index is 881. The molecule has 1 aliphatic heterocycles. The molecule has 2 aromatic heterocycles. The van der Waals surface area contributed by atoms with Gasteiger partial charge in [0.25, 0.3) is 5.91 Å². The van der Waals surface area contributed by atoms with E-state index in [1.54, 1.807) is 6.26 Å². The van der Waals surface area contributed by atoms with Gasteiger partial charge in [-0.2, -0.15) is 0 Å². The Morgan fingerprint density at radius 2 is 1.92 bits per heavy atom. The van der Waals surface area contributed by atoms with E-state index in [9.17, 15) is 4.79 Å². The topological polar surface area (TPSA) is 49.6 Å². The summed E-state index contributed by atoms with van der Waals surface area (Å²) in [6.07, 6.45) is 1.70. The van der Waals surface area contributed by atoms with Crippen LogP contribution < -0.4 is 0 Å². The van der Waals surface area contributed by atoms with Crippen LogP contribution in [0.25, 0.3) is 10.9 Å². The molecule has 1 fully saturated rings. The second kappa shape index (κ2) is 6.69. The van der Waals surface area contributed by atoms with Crippen LogP contribution in [-0.4, -0.2) is 46.9 Å². The van der Waals surface area contributed by atoms with Gasteiger partial charge < -0.3 is 9.32 Å². The highest BCUT2D eigenvalue weighted by molar-refractivity contribution is 5.98. The fraction of sp³-hybridized carbons (Fsp3) is 0.300. The normalized spacial score (nSPS) is 15.6. The van der Waals surface area contributed by atoms with Crippen molar-refractivity contribution in [2.75, 3.05) is 26.2 Å². The number of hydrogen-bond donors (Lipinski definition) is 0. The number of furan rings is 1. The fourth-order valence-electron chi connectivity index (χ4n) is 3.33. The minimum absolute atomic E-state index is 0.0772. The second-order valence-electron chi connectivity index (χ2n) is 6.46. The average Bonchev–Trinajstić information content (AvgIpc) is 3.14. The van der Waals surface area contributed by atoms with Gasteiger partial charge >= 0.3 is 0 Å². The molecule has 0 spiro atoms. The van der Waals surface area contributed by atoms with Crippen molar-refractivity contribution in [1.29, 1.82) is 0 Å². The van der Waals surface area contributed by atoms with E-state index in [2.05, 4.69) is 9.88 Å². The van der Waals surface area contributed by atoms with E-state index < -0.39 is 0 Å². The Morgan fingerprint density at radius 1 is 1.12 bits per heavy atom. The molecule has 5 heteroatoms. The lowest BCUT2D eigenvalue weighted by Gasteiger charge is -2.34. The minimum atomic E-state index is 0.0772. The van der Waals surface area contributed by atoms with Crippen molar-refractivity contribution in [2.45, 2.75) is 13.5 Å². The van der Waals surface area contributed by atoms with Crippen LogP contribution in [-0.2, 0) is 6.54 Å². The molecule has 1 amide bonds. The van der Waals surface area contributed by atoms with Gasteiger partial charge in [0.1, 0.15) is 5.76 Å². The molecule has 5 nitrogen and oxygen atoms in total. The summed E-state index contributed by atoms with van der Waals surface area (Å²) in [5, 5.41) is 1.01. The van der Waals surface area contributed by atoms with E-state index in [1.165, 1.54) is 0 Å². The lowest BCUT2D eigenvalue weighted by atomic mass is 10.1. The molecule has 1 aromatic carbocycles. The fourth-order valence-corrected chi connectivity index (χ4v) is 3.33. The Morgan fingerprint density at radius 3 is 2.68 bits per heavy atom. The summed E-state index contributed by atoms with van der Waals surface area (Å²) in [6, 6.07) is 13.8. The number of fused-ring (bicyclic) bond motifs is 1. The number of hydrogen-bond acceptors (Lipinski definition) is 4. The molecule has 1 saturated heterocycles. The first kappa shape index (κ1) is 15.8. The summed E-state index contributed by atoms with van der Waals surface area (Å²) in [5.74, 6) is 1.04. The highest BCUT2D eigenvalue weighted by Gasteiger charge is 2.24. The Hall–Kier alpha value is -2.66. The number of para-hydroxylation sites is 1. The van der Waals surface area contributed by atoms with Crippen LogP contribution in [0.15, 0.2) is 53.1 Å². The molecule has 0 bridgehead atoms. The van der Waals surface area contributed by atoms with Crippen molar-refractivity contribution in [2.24, 2.45) is 0 Å². The molecule has 3 heterocycles. The number of pyridine rings is 1. The van der Waals surface area contributed by atoms with Gasteiger partial charge in [-0.15, -0.1) is 0 Å². The lowest BCUT2D eigenvalue weighted by molar-refractivity contribution is 0.0619. The zero-order valence-corrected chi connectivity index (χ0v) is 14.3. The number of nitrogens with zero attached hydrogens (tertiary/aromatic N) is 3. The Kier molecular flexibility index (Phi) is 4.24. The van der Waals surface area contributed by atoms with Crippen LogP contribution in [0.4, 0.5) is 0 Å². The van der Waals surface area contributed by atoms with Crippen LogP contribution in [0, 0.1) is 6.92 Å². The monoisotopic (exact) mass is 335 g/mol. The molecule has 4 rings (SSSR count). The van der Waals surface area contributed by atoms with Crippen molar-refractivity contribution in [3.05, 3.63) is 65.7 Å². The van der Waals surface area contributed by atoms with Crippen LogP contribution in [0.3, 0.4) is 0 Å². The summed E-state index contributed by atoms with van der Waals surface area (Å²) in [4.78, 5) is 21.8. The van der Waals surface area contributed by atoms with Gasteiger partial charge in [0, 0.05) is 31.6 Å². The maximum atomic E-state index is 12.9. The standard InChI is InChI=1S/C20H21N3O2/c1-15-18(13-16-5-2-3-7-19(16)21-15)20(24)23-10-8-22(9-11-23)14-17-6-4-12-25-17/h2-7,12-13H,8-11,14H2,1H3. The lowest BCUT2D eigenvalue weighted by Crippen LogP contribution is -2.48. The number of amides is 1. The van der Waals surface area contributed by atoms with Crippen molar-refractivity contribution in [1.82, 2.24) is 14.8 Å². The maximum Gasteiger partial charge on any atom is 0.255 e. The smallest absolute Gasteiger partial charge is 0.255 e. The molecular weight excluding hydrogens is 314 g/mol. The van der Waals surface area contributed by atoms with Crippen molar-refractivity contribution in [3.63, 3.8) is 0 Å². The summed E-state index contributed by atoms with van der Waals surface area (Å²) in [7, 11) is 0. The number of benzene rings is 1. The Balaban J connectivity index is 1.46. The van der Waals surface area contributed by atoms with Crippen molar-refractivity contribution < 1.29 is 9.21 Å². The van der Waals surface area contributed by atoms with Gasteiger partial charge in [-0.25, -0.2) is 0 Å². The van der Waals surface area contributed by atoms with Gasteiger partial charge in [-0.05, 0) is 31.2 Å². The predicted octanol–water partition coefficient (Wildman–Crippen LogP) is 3.09. The zero-order valence-electron chi connectivity index (χ0n) is 14.3. The Labute approximate surface area is 146 Å². The first-order chi connectivity index (χ1) is 12.2. The third-order valence-corrected chi connectivity index (χ3v) is 4.76. The van der Waals surface area contributed by atoms with Gasteiger partial charge in [0.05, 0.1) is 29.6 Å². The summed E-state index contributed by atoms with van der Waals surface area (Å²) >= 11 is 0. The minimum Gasteiger partial charge on any atom is -0.468 e. The quantitative estimate of drug-likeness (QED) is 0.738. The van der Waals surface area contributed by atoms with Gasteiger partial charge in [0.2, 0.25) is 0 Å². The van der Waals surface area contributed by atoms with Crippen LogP contribution in [0.2, 0.25) is 0 Å². The molecule has 0 radical (unpaired) electrons. The maximum absolute atomic E-state index is 12.9. The molecule has 0 atom stereocenters. The van der Waals surface area contributed by atoms with Crippen molar-refractivity contribution >= 4 is 16.8 Å². The van der Waals surface area contributed by atoms with Gasteiger partial charge in [-0.1, -0.05) is 18.2 Å². The van der Waals surface area contributed by atoms with E-state index in [4.69, 9.17) is 4.42 Å². The number of carbonyl (C=O) groups excluding carboxylic acids is 1. The number of piperazine rings is 1. The molecule has 0 saturated carbocycles. The summed E-state index contributed by atoms with van der Waals surface area (Å²) in [5.41, 5.74) is 2.43. The number of aromatic nitrogens is 1. The molecule has 1 aliphatic rings. The van der Waals surface area contributed by atoms with E-state index in [0.29, 0.717) is 5.56 Å². The highest BCUT2D eigenvalue weighted by atomic mass is 16.3. The third kappa shape index (κ3) is 3.28.